The highest BCUT2D eigenvalue weighted by Crippen LogP contribution is 2.26. The van der Waals surface area contributed by atoms with E-state index in [0.29, 0.717) is 0 Å². The molecule has 0 radical (unpaired) electrons. The van der Waals surface area contributed by atoms with Gasteiger partial charge in [0.1, 0.15) is 0 Å². The van der Waals surface area contributed by atoms with Gasteiger partial charge in [-0.2, -0.15) is 0 Å². The third-order valence-corrected chi connectivity index (χ3v) is 3.57. The van der Waals surface area contributed by atoms with Crippen molar-refractivity contribution in [3.8, 4) is 0 Å². The predicted octanol–water partition coefficient (Wildman–Crippen LogP) is 4.65. The average molecular weight is 237 g/mol. The van der Waals surface area contributed by atoms with E-state index in [-0.39, 0.29) is 0 Å². The van der Waals surface area contributed by atoms with E-state index >= 15 is 0 Å². The van der Waals surface area contributed by atoms with Crippen molar-refractivity contribution >= 4 is 17.4 Å². The molecule has 0 bridgehead atoms. The number of anilines is 1. The number of hydrogen-bond acceptors (Lipinski definition) is 2. The minimum absolute atomic E-state index is 0.754. The number of nitrogens with one attached hydrogen (secondary N) is 1. The first-order valence-corrected chi connectivity index (χ1v) is 7.22. The smallest absolute Gasteiger partial charge is 0.0478 e. The molecule has 1 aromatic carbocycles. The second-order valence-corrected chi connectivity index (χ2v) is 5.51. The molecule has 0 saturated heterocycles. The van der Waals surface area contributed by atoms with Crippen LogP contribution in [-0.4, -0.2) is 12.3 Å². The Kier molecular flexibility index (Phi) is 6.39. The van der Waals surface area contributed by atoms with Gasteiger partial charge in [0, 0.05) is 17.1 Å². The van der Waals surface area contributed by atoms with Crippen LogP contribution in [-0.2, 0) is 0 Å². The van der Waals surface area contributed by atoms with Crippen molar-refractivity contribution in [2.75, 3.05) is 17.6 Å². The van der Waals surface area contributed by atoms with Crippen LogP contribution in [0.4, 0.5) is 5.69 Å². The summed E-state index contributed by atoms with van der Waals surface area (Å²) in [4.78, 5) is 1.37. The van der Waals surface area contributed by atoms with Gasteiger partial charge in [-0.25, -0.2) is 0 Å². The van der Waals surface area contributed by atoms with Gasteiger partial charge in [0.15, 0.2) is 0 Å². The van der Waals surface area contributed by atoms with Gasteiger partial charge in [0.2, 0.25) is 0 Å². The molecule has 1 N–H and O–H groups in total. The molecule has 1 atom stereocenters. The summed E-state index contributed by atoms with van der Waals surface area (Å²) in [6.45, 7) is 7.83. The van der Waals surface area contributed by atoms with E-state index in [9.17, 15) is 0 Å². The zero-order valence-corrected chi connectivity index (χ0v) is 11.4. The Morgan fingerprint density at radius 2 is 2.00 bits per heavy atom. The first-order chi connectivity index (χ1) is 7.77. The number of hydrogen-bond donors (Lipinski definition) is 1. The number of thioether (sulfide) groups is 1. The summed E-state index contributed by atoms with van der Waals surface area (Å²) in [7, 11) is 0. The highest BCUT2D eigenvalue weighted by molar-refractivity contribution is 7.99. The SMILES string of the molecule is CCCC(C)CNc1ccccc1SCC. The van der Waals surface area contributed by atoms with Gasteiger partial charge in [0.05, 0.1) is 0 Å². The molecule has 0 amide bonds. The van der Waals surface area contributed by atoms with E-state index in [0.717, 1.165) is 18.2 Å². The normalized spacial score (nSPS) is 12.4. The summed E-state index contributed by atoms with van der Waals surface area (Å²) in [5.74, 6) is 1.88. The van der Waals surface area contributed by atoms with Crippen molar-refractivity contribution in [3.05, 3.63) is 24.3 Å². The Bertz CT molecular complexity index is 299. The summed E-state index contributed by atoms with van der Waals surface area (Å²) in [6.07, 6.45) is 2.57. The third-order valence-electron chi connectivity index (χ3n) is 2.61. The molecule has 0 aromatic heterocycles. The first-order valence-electron chi connectivity index (χ1n) is 6.23. The first kappa shape index (κ1) is 13.4. The van der Waals surface area contributed by atoms with Gasteiger partial charge in [-0.1, -0.05) is 39.3 Å². The Hall–Kier alpha value is -0.630. The van der Waals surface area contributed by atoms with Crippen LogP contribution in [0.25, 0.3) is 0 Å². The molecule has 1 nitrogen and oxygen atoms in total. The van der Waals surface area contributed by atoms with Gasteiger partial charge in [-0.15, -0.1) is 11.8 Å². The van der Waals surface area contributed by atoms with Crippen LogP contribution in [0, 0.1) is 5.92 Å². The van der Waals surface area contributed by atoms with Gasteiger partial charge in [0.25, 0.3) is 0 Å². The van der Waals surface area contributed by atoms with Crippen LogP contribution in [0.5, 0.6) is 0 Å². The molecule has 90 valence electrons. The molecule has 0 aliphatic carbocycles. The molecular weight excluding hydrogens is 214 g/mol. The highest BCUT2D eigenvalue weighted by atomic mass is 32.2. The summed E-state index contributed by atoms with van der Waals surface area (Å²) in [6, 6.07) is 8.59. The lowest BCUT2D eigenvalue weighted by molar-refractivity contribution is 0.550. The molecule has 1 unspecified atom stereocenters. The predicted molar refractivity (Wildman–Crippen MR) is 75.4 cm³/mol. The van der Waals surface area contributed by atoms with Crippen LogP contribution in [0.1, 0.15) is 33.6 Å². The molecular formula is C14H23NS. The number of para-hydroxylation sites is 1. The summed E-state index contributed by atoms with van der Waals surface area (Å²) < 4.78 is 0. The van der Waals surface area contributed by atoms with E-state index in [1.54, 1.807) is 0 Å². The fourth-order valence-corrected chi connectivity index (χ4v) is 2.55. The molecule has 2 heteroatoms. The lowest BCUT2D eigenvalue weighted by Gasteiger charge is -2.15. The maximum atomic E-state index is 3.56. The van der Waals surface area contributed by atoms with Crippen molar-refractivity contribution in [2.45, 2.75) is 38.5 Å². The highest BCUT2D eigenvalue weighted by Gasteiger charge is 2.03. The van der Waals surface area contributed by atoms with Gasteiger partial charge in [-0.05, 0) is 30.2 Å². The summed E-state index contributed by atoms with van der Waals surface area (Å²) in [5, 5.41) is 3.56. The minimum Gasteiger partial charge on any atom is -0.384 e. The topological polar surface area (TPSA) is 12.0 Å². The molecule has 0 fully saturated rings. The monoisotopic (exact) mass is 237 g/mol. The fourth-order valence-electron chi connectivity index (χ4n) is 1.77. The van der Waals surface area contributed by atoms with Gasteiger partial charge >= 0.3 is 0 Å². The molecule has 0 aliphatic rings. The van der Waals surface area contributed by atoms with Gasteiger partial charge < -0.3 is 5.32 Å². The zero-order valence-electron chi connectivity index (χ0n) is 10.6. The zero-order chi connectivity index (χ0) is 11.8. The molecule has 0 heterocycles. The molecule has 1 rings (SSSR count). The van der Waals surface area contributed by atoms with Crippen LogP contribution >= 0.6 is 11.8 Å². The Morgan fingerprint density at radius 1 is 1.25 bits per heavy atom. The second kappa shape index (κ2) is 7.61. The lowest BCUT2D eigenvalue weighted by atomic mass is 10.1. The number of rotatable bonds is 7. The maximum Gasteiger partial charge on any atom is 0.0478 e. The fraction of sp³-hybridized carbons (Fsp3) is 0.571. The van der Waals surface area contributed by atoms with Crippen LogP contribution in [0.3, 0.4) is 0 Å². The molecule has 0 saturated carbocycles. The van der Waals surface area contributed by atoms with Crippen molar-refractivity contribution in [1.82, 2.24) is 0 Å². The van der Waals surface area contributed by atoms with Crippen molar-refractivity contribution in [3.63, 3.8) is 0 Å². The summed E-state index contributed by atoms with van der Waals surface area (Å²) >= 11 is 1.90. The van der Waals surface area contributed by atoms with Crippen LogP contribution in [0.2, 0.25) is 0 Å². The van der Waals surface area contributed by atoms with E-state index in [4.69, 9.17) is 0 Å². The standard InChI is InChI=1S/C14H23NS/c1-4-8-12(3)11-15-13-9-6-7-10-14(13)16-5-2/h6-7,9-10,12,15H,4-5,8,11H2,1-3H3. The average Bonchev–Trinajstić information content (AvgIpc) is 2.29. The number of benzene rings is 1. The van der Waals surface area contributed by atoms with Crippen molar-refractivity contribution in [2.24, 2.45) is 5.92 Å². The lowest BCUT2D eigenvalue weighted by Crippen LogP contribution is -2.11. The van der Waals surface area contributed by atoms with E-state index in [2.05, 4.69) is 50.4 Å². The molecule has 0 spiro atoms. The minimum atomic E-state index is 0.754. The Labute approximate surface area is 104 Å². The van der Waals surface area contributed by atoms with Crippen LogP contribution in [0.15, 0.2) is 29.2 Å². The third kappa shape index (κ3) is 4.48. The van der Waals surface area contributed by atoms with Gasteiger partial charge in [-0.3, -0.25) is 0 Å². The largest absolute Gasteiger partial charge is 0.384 e. The molecule has 16 heavy (non-hydrogen) atoms. The second-order valence-electron chi connectivity index (χ2n) is 4.20. The quantitative estimate of drug-likeness (QED) is 0.693. The maximum absolute atomic E-state index is 3.56. The molecule has 0 aliphatic heterocycles. The van der Waals surface area contributed by atoms with E-state index < -0.39 is 0 Å². The van der Waals surface area contributed by atoms with Crippen LogP contribution < -0.4 is 5.32 Å². The molecule has 1 aromatic rings. The summed E-state index contributed by atoms with van der Waals surface area (Å²) in [5.41, 5.74) is 1.29. The van der Waals surface area contributed by atoms with Crippen molar-refractivity contribution in [1.29, 1.82) is 0 Å². The van der Waals surface area contributed by atoms with E-state index in [1.807, 2.05) is 11.8 Å². The van der Waals surface area contributed by atoms with Crippen molar-refractivity contribution < 1.29 is 0 Å². The Morgan fingerprint density at radius 3 is 2.69 bits per heavy atom. The van der Waals surface area contributed by atoms with E-state index in [1.165, 1.54) is 23.4 Å². The Balaban J connectivity index is 2.52.